The highest BCUT2D eigenvalue weighted by Crippen LogP contribution is 2.71. The number of likely N-dealkylation sites (tertiary alicyclic amines) is 2. The molecule has 0 aromatic heterocycles. The first kappa shape index (κ1) is 35.1. The maximum absolute atomic E-state index is 15.1. The van der Waals surface area contributed by atoms with E-state index in [1.807, 2.05) is 0 Å². The highest BCUT2D eigenvalue weighted by atomic mass is 16.2. The third-order valence-electron chi connectivity index (χ3n) is 20.8. The fraction of sp³-hybridized carbons (Fsp3) is 0.894. The van der Waals surface area contributed by atoms with Gasteiger partial charge in [-0.05, 0) is 214 Å². The van der Waals surface area contributed by atoms with Crippen molar-refractivity contribution < 1.29 is 4.79 Å². The predicted octanol–water partition coefficient (Wildman–Crippen LogP) is 9.49. The molecule has 16 atom stereocenters. The van der Waals surface area contributed by atoms with E-state index in [0.29, 0.717) is 51.6 Å². The molecule has 5 heteroatoms. The lowest BCUT2D eigenvalue weighted by Gasteiger charge is -2.58. The SMILES string of the molecule is C[C@@H]1[C@@H]2CC[C@@H]3[C@H]4CC=C5C[C@H](N(C)C)CC[C@@]5(C)[C@H]4CC[C@]32CN1C(=O)N1C[C@]23CC[C@H]4[C@@H](CC=C5C[C@@H](N(C)C)CC[C@@]54C)[C@@H]2CC[C@@H]3[C@@H]1C. The molecule has 2 amide bonds. The van der Waals surface area contributed by atoms with Gasteiger partial charge in [-0.2, -0.15) is 0 Å². The van der Waals surface area contributed by atoms with Crippen LogP contribution in [0.25, 0.3) is 0 Å². The standard InChI is InChI=1S/C47H74N4O/c1-29-37-13-15-41-35-11-9-31-25-33(48(5)6)17-21-44(31,3)39(35)19-23-46(37,41)27-50(29)43(52)51-28-47-24-20-40-36(42(47)16-14-38(47)30(51)2)12-10-32-26-34(49(7)8)18-22-45(32,40)4/h9-10,29-30,33-42H,11-28H2,1-8H3/t29-,30+,33-,34+,35+,36-,37+,38-,39-,40-,41-,42+,44-,45+,46-,47+/m0/s1. The van der Waals surface area contributed by atoms with Crippen LogP contribution in [0.5, 0.6) is 0 Å². The van der Waals surface area contributed by atoms with Crippen molar-refractivity contribution in [1.82, 2.24) is 19.6 Å². The van der Waals surface area contributed by atoms with Crippen LogP contribution in [0.1, 0.15) is 130 Å². The van der Waals surface area contributed by atoms with Gasteiger partial charge in [0.05, 0.1) is 0 Å². The quantitative estimate of drug-likeness (QED) is 0.268. The summed E-state index contributed by atoms with van der Waals surface area (Å²) in [4.78, 5) is 25.0. The number of hydrogen-bond donors (Lipinski definition) is 0. The first-order chi connectivity index (χ1) is 24.8. The number of hydrogen-bond acceptors (Lipinski definition) is 3. The molecular formula is C47H74N4O. The third kappa shape index (κ3) is 4.51. The van der Waals surface area contributed by atoms with Crippen LogP contribution >= 0.6 is 0 Å². The number of rotatable bonds is 2. The maximum Gasteiger partial charge on any atom is 0.320 e. The molecule has 8 fully saturated rings. The van der Waals surface area contributed by atoms with Gasteiger partial charge in [-0.15, -0.1) is 0 Å². The average Bonchev–Trinajstić information content (AvgIpc) is 3.84. The Kier molecular flexibility index (Phi) is 8.00. The van der Waals surface area contributed by atoms with Crippen molar-refractivity contribution in [3.8, 4) is 0 Å². The molecule has 288 valence electrons. The normalized spacial score (nSPS) is 53.3. The van der Waals surface area contributed by atoms with E-state index in [2.05, 4.69) is 87.6 Å². The van der Waals surface area contributed by atoms with Crippen LogP contribution in [-0.4, -0.2) is 91.1 Å². The third-order valence-corrected chi connectivity index (χ3v) is 20.8. The van der Waals surface area contributed by atoms with Gasteiger partial charge in [0, 0.05) is 37.3 Å². The zero-order valence-electron chi connectivity index (χ0n) is 34.5. The Morgan fingerprint density at radius 3 is 1.38 bits per heavy atom. The molecule has 0 aromatic carbocycles. The highest BCUT2D eigenvalue weighted by Gasteiger charge is 2.68. The highest BCUT2D eigenvalue weighted by molar-refractivity contribution is 5.76. The van der Waals surface area contributed by atoms with Crippen molar-refractivity contribution in [2.75, 3.05) is 41.3 Å². The number of carbonyl (C=O) groups is 1. The Balaban J connectivity index is 0.871. The molecule has 2 saturated heterocycles. The summed E-state index contributed by atoms with van der Waals surface area (Å²) in [5, 5.41) is 0. The molecule has 6 saturated carbocycles. The Bertz CT molecular complexity index is 1420. The first-order valence-electron chi connectivity index (χ1n) is 22.6. The fourth-order valence-electron chi connectivity index (χ4n) is 17.9. The summed E-state index contributed by atoms with van der Waals surface area (Å²) < 4.78 is 0. The van der Waals surface area contributed by atoms with E-state index in [4.69, 9.17) is 0 Å². The van der Waals surface area contributed by atoms with E-state index in [0.717, 1.165) is 60.7 Å². The van der Waals surface area contributed by atoms with Crippen LogP contribution in [0.3, 0.4) is 0 Å². The average molecular weight is 711 g/mol. The molecule has 0 bridgehead atoms. The summed E-state index contributed by atoms with van der Waals surface area (Å²) in [7, 11) is 9.15. The monoisotopic (exact) mass is 711 g/mol. The van der Waals surface area contributed by atoms with Crippen molar-refractivity contribution in [2.24, 2.45) is 69.0 Å². The smallest absolute Gasteiger partial charge is 0.320 e. The van der Waals surface area contributed by atoms with Crippen LogP contribution in [0.2, 0.25) is 0 Å². The number of amides is 2. The minimum absolute atomic E-state index is 0.365. The second-order valence-corrected chi connectivity index (χ2v) is 22.2. The number of allylic oxidation sites excluding steroid dienone is 2. The van der Waals surface area contributed by atoms with Gasteiger partial charge in [-0.3, -0.25) is 0 Å². The lowest BCUT2D eigenvalue weighted by molar-refractivity contribution is -0.0444. The van der Waals surface area contributed by atoms with Crippen molar-refractivity contribution in [2.45, 2.75) is 155 Å². The van der Waals surface area contributed by atoms with E-state index in [9.17, 15) is 0 Å². The number of nitrogens with zero attached hydrogens (tertiary/aromatic N) is 4. The number of urea groups is 1. The van der Waals surface area contributed by atoms with Crippen LogP contribution in [0.15, 0.2) is 23.3 Å². The largest absolute Gasteiger partial charge is 0.321 e. The topological polar surface area (TPSA) is 30.0 Å². The molecule has 5 nitrogen and oxygen atoms in total. The summed E-state index contributed by atoms with van der Waals surface area (Å²) >= 11 is 0. The molecule has 8 aliphatic carbocycles. The van der Waals surface area contributed by atoms with Gasteiger partial charge in [0.15, 0.2) is 0 Å². The Hall–Kier alpha value is -1.33. The zero-order valence-corrected chi connectivity index (χ0v) is 34.5. The first-order valence-corrected chi connectivity index (χ1v) is 22.6. The van der Waals surface area contributed by atoms with Crippen LogP contribution in [0, 0.1) is 69.0 Å². The van der Waals surface area contributed by atoms with E-state index in [-0.39, 0.29) is 0 Å². The van der Waals surface area contributed by atoms with Crippen molar-refractivity contribution >= 4 is 6.03 Å². The van der Waals surface area contributed by atoms with Crippen LogP contribution in [-0.2, 0) is 0 Å². The Morgan fingerprint density at radius 2 is 0.981 bits per heavy atom. The molecule has 0 aromatic rings. The molecule has 10 rings (SSSR count). The molecule has 2 heterocycles. The zero-order chi connectivity index (χ0) is 36.1. The summed E-state index contributed by atoms with van der Waals surface area (Å²) in [5.41, 5.74) is 5.15. The fourth-order valence-corrected chi connectivity index (χ4v) is 17.9. The molecular weight excluding hydrogens is 637 g/mol. The molecule has 10 aliphatic rings. The van der Waals surface area contributed by atoms with Gasteiger partial charge in [0.25, 0.3) is 0 Å². The lowest BCUT2D eigenvalue weighted by Crippen LogP contribution is -2.53. The van der Waals surface area contributed by atoms with Crippen molar-refractivity contribution in [3.05, 3.63) is 23.3 Å². The van der Waals surface area contributed by atoms with Crippen LogP contribution in [0.4, 0.5) is 4.79 Å². The second kappa shape index (κ2) is 11.8. The van der Waals surface area contributed by atoms with E-state index >= 15 is 4.79 Å². The van der Waals surface area contributed by atoms with Gasteiger partial charge in [-0.1, -0.05) is 37.1 Å². The molecule has 0 unspecified atom stereocenters. The van der Waals surface area contributed by atoms with Crippen LogP contribution < -0.4 is 0 Å². The van der Waals surface area contributed by atoms with E-state index in [1.54, 1.807) is 11.1 Å². The van der Waals surface area contributed by atoms with E-state index < -0.39 is 0 Å². The van der Waals surface area contributed by atoms with Crippen molar-refractivity contribution in [1.29, 1.82) is 0 Å². The van der Waals surface area contributed by atoms with Gasteiger partial charge >= 0.3 is 6.03 Å². The number of carbonyl (C=O) groups excluding carboxylic acids is 1. The molecule has 0 radical (unpaired) electrons. The summed E-state index contributed by atoms with van der Waals surface area (Å²) in [6, 6.07) is 2.67. The van der Waals surface area contributed by atoms with E-state index in [1.165, 1.54) is 103 Å². The Morgan fingerprint density at radius 1 is 0.577 bits per heavy atom. The van der Waals surface area contributed by atoms with Gasteiger partial charge < -0.3 is 19.6 Å². The van der Waals surface area contributed by atoms with Gasteiger partial charge in [0.1, 0.15) is 0 Å². The Labute approximate surface area is 317 Å². The predicted molar refractivity (Wildman–Crippen MR) is 212 cm³/mol. The van der Waals surface area contributed by atoms with Crippen molar-refractivity contribution in [3.63, 3.8) is 0 Å². The second-order valence-electron chi connectivity index (χ2n) is 22.2. The molecule has 0 N–H and O–H groups in total. The number of fused-ring (bicyclic) bond motifs is 8. The molecule has 2 aliphatic heterocycles. The minimum atomic E-state index is 0.365. The molecule has 52 heavy (non-hydrogen) atoms. The van der Waals surface area contributed by atoms with Gasteiger partial charge in [-0.25, -0.2) is 4.79 Å². The lowest BCUT2D eigenvalue weighted by atomic mass is 9.47. The van der Waals surface area contributed by atoms with Gasteiger partial charge in [0.2, 0.25) is 0 Å². The minimum Gasteiger partial charge on any atom is -0.321 e. The summed E-state index contributed by atoms with van der Waals surface area (Å²) in [6.07, 6.45) is 27.2. The summed E-state index contributed by atoms with van der Waals surface area (Å²) in [6.45, 7) is 12.4. The summed E-state index contributed by atoms with van der Waals surface area (Å²) in [5.74, 6) is 6.39. The molecule has 2 spiro atoms. The maximum atomic E-state index is 15.1.